The molecule has 2 aromatic rings. The summed E-state index contributed by atoms with van der Waals surface area (Å²) in [7, 11) is -3.05. The van der Waals surface area contributed by atoms with Gasteiger partial charge in [0.05, 0.1) is 29.8 Å². The zero-order chi connectivity index (χ0) is 22.9. The second-order valence-corrected chi connectivity index (χ2v) is 11.1. The molecule has 0 spiro atoms. The van der Waals surface area contributed by atoms with Gasteiger partial charge in [0.1, 0.15) is 11.6 Å². The first kappa shape index (κ1) is 23.2. The van der Waals surface area contributed by atoms with E-state index in [0.717, 1.165) is 37.4 Å². The van der Waals surface area contributed by atoms with Crippen molar-refractivity contribution in [2.45, 2.75) is 25.9 Å². The third-order valence-electron chi connectivity index (χ3n) is 5.92. The minimum atomic E-state index is -3.05. The summed E-state index contributed by atoms with van der Waals surface area (Å²) in [5, 5.41) is 7.73. The number of benzene rings is 1. The molecule has 3 heterocycles. The number of piperazine rings is 1. The van der Waals surface area contributed by atoms with Gasteiger partial charge in [-0.2, -0.15) is 5.10 Å². The fourth-order valence-electron chi connectivity index (χ4n) is 4.24. The number of anilines is 1. The Bertz CT molecular complexity index is 1100. The summed E-state index contributed by atoms with van der Waals surface area (Å²) in [5.41, 5.74) is 1.62. The van der Waals surface area contributed by atoms with Crippen LogP contribution in [0.5, 0.6) is 0 Å². The molecule has 1 atom stereocenters. The van der Waals surface area contributed by atoms with Gasteiger partial charge >= 0.3 is 0 Å². The Balaban J connectivity index is 1.29. The van der Waals surface area contributed by atoms with Gasteiger partial charge in [-0.05, 0) is 31.0 Å². The van der Waals surface area contributed by atoms with Crippen molar-refractivity contribution in [2.75, 3.05) is 49.5 Å². The van der Waals surface area contributed by atoms with Gasteiger partial charge in [0.2, 0.25) is 5.91 Å². The average Bonchev–Trinajstić information content (AvgIpc) is 3.26. The Kier molecular flexibility index (Phi) is 6.85. The fraction of sp³-hybridized carbons (Fsp3) is 0.524. The Morgan fingerprint density at radius 2 is 1.94 bits per heavy atom. The summed E-state index contributed by atoms with van der Waals surface area (Å²) in [6.45, 7) is 5.72. The number of halogens is 2. The van der Waals surface area contributed by atoms with Crippen molar-refractivity contribution in [3.05, 3.63) is 46.4 Å². The third-order valence-corrected chi connectivity index (χ3v) is 8.02. The number of nitrogens with zero attached hydrogens (tertiary/aromatic N) is 4. The molecule has 1 unspecified atom stereocenters. The van der Waals surface area contributed by atoms with Crippen molar-refractivity contribution in [3.63, 3.8) is 0 Å². The Labute approximate surface area is 192 Å². The molecule has 174 valence electrons. The van der Waals surface area contributed by atoms with Gasteiger partial charge in [-0.25, -0.2) is 17.5 Å². The SMILES string of the molecule is Cc1cc(NC(=O)CN2CCN(Cc3ccc(F)cc3Cl)CC2)n(C2CCS(=O)(=O)C2)n1. The molecule has 1 aromatic heterocycles. The van der Waals surface area contributed by atoms with E-state index in [0.29, 0.717) is 23.8 Å². The van der Waals surface area contributed by atoms with Crippen LogP contribution in [0.1, 0.15) is 23.7 Å². The van der Waals surface area contributed by atoms with E-state index in [1.54, 1.807) is 16.8 Å². The highest BCUT2D eigenvalue weighted by atomic mass is 35.5. The van der Waals surface area contributed by atoms with Gasteiger partial charge < -0.3 is 5.32 Å². The topological polar surface area (TPSA) is 87.5 Å². The Morgan fingerprint density at radius 3 is 2.59 bits per heavy atom. The first-order chi connectivity index (χ1) is 15.2. The predicted molar refractivity (Wildman–Crippen MR) is 121 cm³/mol. The molecule has 2 aliphatic rings. The van der Waals surface area contributed by atoms with Crippen molar-refractivity contribution < 1.29 is 17.6 Å². The van der Waals surface area contributed by atoms with Crippen LogP contribution >= 0.6 is 11.6 Å². The summed E-state index contributed by atoms with van der Waals surface area (Å²) in [6, 6.07) is 5.97. The van der Waals surface area contributed by atoms with E-state index >= 15 is 0 Å². The standard InChI is InChI=1S/C21H27ClFN5O3S/c1-15-10-20(28(25-15)18-4-9-32(30,31)14-18)24-21(29)13-27-7-5-26(6-8-27)12-16-2-3-17(23)11-19(16)22/h2-3,10-11,18H,4-9,12-14H2,1H3,(H,24,29). The minimum Gasteiger partial charge on any atom is -0.310 e. The number of aryl methyl sites for hydroxylation is 1. The molecule has 1 aromatic carbocycles. The number of aromatic nitrogens is 2. The lowest BCUT2D eigenvalue weighted by Gasteiger charge is -2.34. The number of hydrogen-bond acceptors (Lipinski definition) is 6. The normalized spacial score (nSPS) is 21.7. The second kappa shape index (κ2) is 9.46. The number of hydrogen-bond donors (Lipinski definition) is 1. The molecule has 1 N–H and O–H groups in total. The molecule has 4 rings (SSSR count). The summed E-state index contributed by atoms with van der Waals surface area (Å²) < 4.78 is 38.5. The van der Waals surface area contributed by atoms with Crippen LogP contribution in [0, 0.1) is 12.7 Å². The van der Waals surface area contributed by atoms with E-state index in [9.17, 15) is 17.6 Å². The number of carbonyl (C=O) groups excluding carboxylic acids is 1. The van der Waals surface area contributed by atoms with E-state index in [1.165, 1.54) is 12.1 Å². The van der Waals surface area contributed by atoms with E-state index in [4.69, 9.17) is 11.6 Å². The van der Waals surface area contributed by atoms with Gasteiger partial charge in [0.25, 0.3) is 0 Å². The van der Waals surface area contributed by atoms with Crippen LogP contribution in [-0.2, 0) is 21.2 Å². The van der Waals surface area contributed by atoms with Gasteiger partial charge in [-0.1, -0.05) is 17.7 Å². The van der Waals surface area contributed by atoms with E-state index < -0.39 is 9.84 Å². The summed E-state index contributed by atoms with van der Waals surface area (Å²) in [4.78, 5) is 17.0. The number of nitrogens with one attached hydrogen (secondary N) is 1. The van der Waals surface area contributed by atoms with Crippen LogP contribution in [0.2, 0.25) is 5.02 Å². The molecule has 1 amide bonds. The molecule has 0 bridgehead atoms. The highest BCUT2D eigenvalue weighted by molar-refractivity contribution is 7.91. The van der Waals surface area contributed by atoms with Gasteiger partial charge in [0, 0.05) is 43.8 Å². The maximum atomic E-state index is 13.2. The van der Waals surface area contributed by atoms with E-state index in [2.05, 4.69) is 20.2 Å². The molecule has 0 aliphatic carbocycles. The smallest absolute Gasteiger partial charge is 0.239 e. The molecule has 2 saturated heterocycles. The molecule has 0 radical (unpaired) electrons. The predicted octanol–water partition coefficient (Wildman–Crippen LogP) is 2.10. The molecule has 8 nitrogen and oxygen atoms in total. The quantitative estimate of drug-likeness (QED) is 0.677. The molecule has 11 heteroatoms. The fourth-order valence-corrected chi connectivity index (χ4v) is 6.16. The summed E-state index contributed by atoms with van der Waals surface area (Å²) in [6.07, 6.45) is 0.506. The van der Waals surface area contributed by atoms with E-state index in [-0.39, 0.29) is 35.8 Å². The van der Waals surface area contributed by atoms with Crippen LogP contribution in [0.3, 0.4) is 0 Å². The van der Waals surface area contributed by atoms with Crippen molar-refractivity contribution in [1.82, 2.24) is 19.6 Å². The van der Waals surface area contributed by atoms with Crippen molar-refractivity contribution in [1.29, 1.82) is 0 Å². The molecule has 32 heavy (non-hydrogen) atoms. The highest BCUT2D eigenvalue weighted by Gasteiger charge is 2.31. The van der Waals surface area contributed by atoms with Crippen molar-refractivity contribution in [2.24, 2.45) is 0 Å². The average molecular weight is 484 g/mol. The third kappa shape index (κ3) is 5.67. The van der Waals surface area contributed by atoms with Crippen LogP contribution in [0.25, 0.3) is 0 Å². The highest BCUT2D eigenvalue weighted by Crippen LogP contribution is 2.27. The molecular weight excluding hydrogens is 457 g/mol. The van der Waals surface area contributed by atoms with Crippen molar-refractivity contribution >= 4 is 33.2 Å². The number of sulfone groups is 1. The maximum Gasteiger partial charge on any atom is 0.239 e. The van der Waals surface area contributed by atoms with Gasteiger partial charge in [0.15, 0.2) is 9.84 Å². The molecule has 2 aliphatic heterocycles. The van der Waals surface area contributed by atoms with Crippen LogP contribution in [0.4, 0.5) is 10.2 Å². The number of rotatable bonds is 6. The summed E-state index contributed by atoms with van der Waals surface area (Å²) >= 11 is 6.13. The van der Waals surface area contributed by atoms with Gasteiger partial charge in [-0.3, -0.25) is 14.6 Å². The molecular formula is C21H27ClFN5O3S. The van der Waals surface area contributed by atoms with E-state index in [1.807, 2.05) is 6.92 Å². The lowest BCUT2D eigenvalue weighted by Crippen LogP contribution is -2.48. The second-order valence-electron chi connectivity index (χ2n) is 8.51. The monoisotopic (exact) mass is 483 g/mol. The van der Waals surface area contributed by atoms with Crippen LogP contribution in [-0.4, -0.2) is 78.1 Å². The Morgan fingerprint density at radius 1 is 1.22 bits per heavy atom. The zero-order valence-electron chi connectivity index (χ0n) is 17.9. The Hall–Kier alpha value is -2.01. The maximum absolute atomic E-state index is 13.2. The molecule has 0 saturated carbocycles. The van der Waals surface area contributed by atoms with Crippen molar-refractivity contribution in [3.8, 4) is 0 Å². The minimum absolute atomic E-state index is 0.0526. The zero-order valence-corrected chi connectivity index (χ0v) is 19.5. The lowest BCUT2D eigenvalue weighted by molar-refractivity contribution is -0.117. The largest absolute Gasteiger partial charge is 0.310 e. The first-order valence-electron chi connectivity index (χ1n) is 10.6. The molecule has 2 fully saturated rings. The van der Waals surface area contributed by atoms with Gasteiger partial charge in [-0.15, -0.1) is 0 Å². The number of carbonyl (C=O) groups is 1. The number of amides is 1. The van der Waals surface area contributed by atoms with Crippen LogP contribution < -0.4 is 5.32 Å². The lowest BCUT2D eigenvalue weighted by atomic mass is 10.2. The van der Waals surface area contributed by atoms with Crippen LogP contribution in [0.15, 0.2) is 24.3 Å². The first-order valence-corrected chi connectivity index (χ1v) is 12.8. The summed E-state index contributed by atoms with van der Waals surface area (Å²) in [5.74, 6) is 0.246.